The number of hydrazine groups is 1. The number of nitrogens with zero attached hydrogens (tertiary/aromatic N) is 2. The summed E-state index contributed by atoms with van der Waals surface area (Å²) < 4.78 is 10.1. The number of hydrogen-bond acceptors (Lipinski definition) is 6. The van der Waals surface area contributed by atoms with Gasteiger partial charge in [-0.05, 0) is 6.42 Å². The van der Waals surface area contributed by atoms with Crippen LogP contribution < -0.4 is 16.0 Å². The minimum absolute atomic E-state index is 0.117. The van der Waals surface area contributed by atoms with Crippen molar-refractivity contribution in [1.82, 2.24) is 15.4 Å². The van der Waals surface area contributed by atoms with Crippen LogP contribution in [0, 0.1) is 0 Å². The monoisotopic (exact) mass is 212 g/mol. The molecule has 0 aliphatic heterocycles. The molecule has 1 heterocycles. The Kier molecular flexibility index (Phi) is 4.96. The topological polar surface area (TPSA) is 82.3 Å². The number of methoxy groups -OCH3 is 2. The van der Waals surface area contributed by atoms with E-state index in [0.29, 0.717) is 24.6 Å². The van der Waals surface area contributed by atoms with Crippen LogP contribution in [0.1, 0.15) is 18.2 Å². The predicted octanol–water partition coefficient (Wildman–Crippen LogP) is 0.0261. The highest BCUT2D eigenvalue weighted by Crippen LogP contribution is 2.21. The largest absolute Gasteiger partial charge is 0.480 e. The number of nitrogens with two attached hydrogens (primary N) is 1. The third-order valence-electron chi connectivity index (χ3n) is 2.03. The Balaban J connectivity index is 2.80. The van der Waals surface area contributed by atoms with Crippen LogP contribution in [0.4, 0.5) is 0 Å². The first-order chi connectivity index (χ1) is 7.33. The maximum Gasteiger partial charge on any atom is 0.237 e. The molecular formula is C9H16N4O2. The van der Waals surface area contributed by atoms with E-state index in [1.807, 2.05) is 0 Å². The molecule has 3 N–H and O–H groups in total. The van der Waals surface area contributed by atoms with Crippen LogP contribution >= 0.6 is 0 Å². The predicted molar refractivity (Wildman–Crippen MR) is 55.1 cm³/mol. The van der Waals surface area contributed by atoms with Gasteiger partial charge in [0, 0.05) is 26.1 Å². The van der Waals surface area contributed by atoms with Crippen LogP contribution in [0.25, 0.3) is 0 Å². The molecule has 0 radical (unpaired) electrons. The van der Waals surface area contributed by atoms with Gasteiger partial charge in [0.2, 0.25) is 5.88 Å². The molecule has 15 heavy (non-hydrogen) atoms. The average Bonchev–Trinajstić information content (AvgIpc) is 2.30. The van der Waals surface area contributed by atoms with Gasteiger partial charge in [0.1, 0.15) is 5.69 Å². The van der Waals surface area contributed by atoms with E-state index in [9.17, 15) is 0 Å². The van der Waals surface area contributed by atoms with E-state index in [1.165, 1.54) is 0 Å². The molecule has 0 saturated heterocycles. The van der Waals surface area contributed by atoms with Gasteiger partial charge in [-0.2, -0.15) is 0 Å². The molecular weight excluding hydrogens is 196 g/mol. The van der Waals surface area contributed by atoms with Gasteiger partial charge in [0.15, 0.2) is 0 Å². The quantitative estimate of drug-likeness (QED) is 0.511. The van der Waals surface area contributed by atoms with E-state index in [4.69, 9.17) is 15.3 Å². The zero-order valence-electron chi connectivity index (χ0n) is 8.93. The second-order valence-corrected chi connectivity index (χ2v) is 2.95. The van der Waals surface area contributed by atoms with Gasteiger partial charge < -0.3 is 9.47 Å². The molecule has 84 valence electrons. The molecule has 1 unspecified atom stereocenters. The summed E-state index contributed by atoms with van der Waals surface area (Å²) in [4.78, 5) is 8.24. The van der Waals surface area contributed by atoms with Crippen LogP contribution in [0.3, 0.4) is 0 Å². The normalized spacial score (nSPS) is 12.5. The Labute approximate surface area is 88.8 Å². The molecule has 0 aromatic carbocycles. The number of rotatable bonds is 6. The molecule has 6 nitrogen and oxygen atoms in total. The molecule has 0 saturated carbocycles. The fraction of sp³-hybridized carbons (Fsp3) is 0.556. The standard InChI is InChI=1S/C9H16N4O2/c1-14-6-3-7(13-10)8-9(15-2)12-5-4-11-8/h4-5,7,13H,3,6,10H2,1-2H3. The Morgan fingerprint density at radius 2 is 2.13 bits per heavy atom. The molecule has 6 heteroatoms. The van der Waals surface area contributed by atoms with Gasteiger partial charge in [-0.15, -0.1) is 0 Å². The SMILES string of the molecule is COCCC(NN)c1nccnc1OC. The van der Waals surface area contributed by atoms with Crippen LogP contribution in [-0.4, -0.2) is 30.8 Å². The highest BCUT2D eigenvalue weighted by Gasteiger charge is 2.16. The zero-order chi connectivity index (χ0) is 11.1. The van der Waals surface area contributed by atoms with Gasteiger partial charge in [-0.1, -0.05) is 0 Å². The van der Waals surface area contributed by atoms with Crippen molar-refractivity contribution in [1.29, 1.82) is 0 Å². The summed E-state index contributed by atoms with van der Waals surface area (Å²) in [5.74, 6) is 5.92. The van der Waals surface area contributed by atoms with Crippen molar-refractivity contribution < 1.29 is 9.47 Å². The molecule has 0 amide bonds. The fourth-order valence-corrected chi connectivity index (χ4v) is 1.27. The van der Waals surface area contributed by atoms with Crippen LogP contribution in [0.15, 0.2) is 12.4 Å². The van der Waals surface area contributed by atoms with E-state index >= 15 is 0 Å². The summed E-state index contributed by atoms with van der Waals surface area (Å²) in [6, 6.07) is -0.117. The summed E-state index contributed by atoms with van der Waals surface area (Å²) in [5.41, 5.74) is 3.36. The second-order valence-electron chi connectivity index (χ2n) is 2.95. The van der Waals surface area contributed by atoms with Crippen molar-refractivity contribution in [3.8, 4) is 5.88 Å². The Morgan fingerprint density at radius 3 is 2.73 bits per heavy atom. The van der Waals surface area contributed by atoms with Crippen molar-refractivity contribution in [3.05, 3.63) is 18.1 Å². The number of ether oxygens (including phenoxy) is 2. The highest BCUT2D eigenvalue weighted by molar-refractivity contribution is 5.20. The van der Waals surface area contributed by atoms with Gasteiger partial charge in [-0.25, -0.2) is 4.98 Å². The molecule has 0 aliphatic rings. The molecule has 0 fully saturated rings. The van der Waals surface area contributed by atoms with Crippen molar-refractivity contribution in [3.63, 3.8) is 0 Å². The third kappa shape index (κ3) is 3.12. The average molecular weight is 212 g/mol. The van der Waals surface area contributed by atoms with Crippen LogP contribution in [0.5, 0.6) is 5.88 Å². The maximum atomic E-state index is 5.44. The summed E-state index contributed by atoms with van der Waals surface area (Å²) in [7, 11) is 3.19. The lowest BCUT2D eigenvalue weighted by Gasteiger charge is -2.16. The Morgan fingerprint density at radius 1 is 1.40 bits per heavy atom. The summed E-state index contributed by atoms with van der Waals surface area (Å²) in [6.07, 6.45) is 3.89. The lowest BCUT2D eigenvalue weighted by Crippen LogP contribution is -2.30. The summed E-state index contributed by atoms with van der Waals surface area (Å²) in [5, 5.41) is 0. The number of hydrogen-bond donors (Lipinski definition) is 2. The van der Waals surface area contributed by atoms with Crippen molar-refractivity contribution in [2.75, 3.05) is 20.8 Å². The van der Waals surface area contributed by atoms with E-state index in [1.54, 1.807) is 26.6 Å². The van der Waals surface area contributed by atoms with Gasteiger partial charge in [-0.3, -0.25) is 16.3 Å². The van der Waals surface area contributed by atoms with E-state index in [0.717, 1.165) is 0 Å². The third-order valence-corrected chi connectivity index (χ3v) is 2.03. The lowest BCUT2D eigenvalue weighted by molar-refractivity contribution is 0.181. The van der Waals surface area contributed by atoms with E-state index in [-0.39, 0.29) is 6.04 Å². The van der Waals surface area contributed by atoms with E-state index < -0.39 is 0 Å². The second kappa shape index (κ2) is 6.28. The molecule has 0 aliphatic carbocycles. The van der Waals surface area contributed by atoms with Gasteiger partial charge in [0.25, 0.3) is 0 Å². The molecule has 1 rings (SSSR count). The zero-order valence-corrected chi connectivity index (χ0v) is 8.93. The Bertz CT molecular complexity index is 295. The first kappa shape index (κ1) is 11.8. The number of aromatic nitrogens is 2. The van der Waals surface area contributed by atoms with Crippen molar-refractivity contribution >= 4 is 0 Å². The van der Waals surface area contributed by atoms with Gasteiger partial charge >= 0.3 is 0 Å². The first-order valence-electron chi connectivity index (χ1n) is 4.63. The van der Waals surface area contributed by atoms with E-state index in [2.05, 4.69) is 15.4 Å². The molecule has 1 aromatic rings. The van der Waals surface area contributed by atoms with Crippen molar-refractivity contribution in [2.24, 2.45) is 5.84 Å². The summed E-state index contributed by atoms with van der Waals surface area (Å²) in [6.45, 7) is 0.592. The molecule has 0 bridgehead atoms. The Hall–Kier alpha value is -1.24. The minimum atomic E-state index is -0.117. The maximum absolute atomic E-state index is 5.44. The lowest BCUT2D eigenvalue weighted by atomic mass is 10.1. The highest BCUT2D eigenvalue weighted by atomic mass is 16.5. The molecule has 1 atom stereocenters. The summed E-state index contributed by atoms with van der Waals surface area (Å²) >= 11 is 0. The number of nitrogens with one attached hydrogen (secondary N) is 1. The van der Waals surface area contributed by atoms with Gasteiger partial charge in [0.05, 0.1) is 13.2 Å². The van der Waals surface area contributed by atoms with Crippen molar-refractivity contribution in [2.45, 2.75) is 12.5 Å². The van der Waals surface area contributed by atoms with Crippen LogP contribution in [-0.2, 0) is 4.74 Å². The first-order valence-corrected chi connectivity index (χ1v) is 4.63. The smallest absolute Gasteiger partial charge is 0.237 e. The fourth-order valence-electron chi connectivity index (χ4n) is 1.27. The van der Waals surface area contributed by atoms with Crippen LogP contribution in [0.2, 0.25) is 0 Å². The molecule has 1 aromatic heterocycles. The minimum Gasteiger partial charge on any atom is -0.480 e. The molecule has 0 spiro atoms.